The Morgan fingerprint density at radius 1 is 1.11 bits per heavy atom. The predicted molar refractivity (Wildman–Crippen MR) is 85.3 cm³/mol. The molecule has 0 amide bonds. The van der Waals surface area contributed by atoms with E-state index in [1.807, 2.05) is 18.2 Å². The third kappa shape index (κ3) is 2.75. The first-order valence-corrected chi connectivity index (χ1v) is 7.47. The van der Waals surface area contributed by atoms with Crippen LogP contribution in [-0.2, 0) is 0 Å². The molecule has 0 bridgehead atoms. The molecule has 0 saturated carbocycles. The SMILES string of the molecule is CC(Nc1ccc2sccc2c1)c1cccc(Cl)c1. The first-order valence-electron chi connectivity index (χ1n) is 6.21. The second-order valence-corrected chi connectivity index (χ2v) is 5.98. The number of thiophene rings is 1. The first-order chi connectivity index (χ1) is 9.22. The lowest BCUT2D eigenvalue weighted by Crippen LogP contribution is -2.06. The molecule has 0 aliphatic heterocycles. The lowest BCUT2D eigenvalue weighted by molar-refractivity contribution is 0.885. The molecule has 1 atom stereocenters. The summed E-state index contributed by atoms with van der Waals surface area (Å²) in [5, 5.41) is 7.70. The van der Waals surface area contributed by atoms with Crippen molar-refractivity contribution in [3.8, 4) is 0 Å². The van der Waals surface area contributed by atoms with Crippen LogP contribution in [0.3, 0.4) is 0 Å². The van der Waals surface area contributed by atoms with Crippen LogP contribution >= 0.6 is 22.9 Å². The van der Waals surface area contributed by atoms with Gasteiger partial charge in [0.05, 0.1) is 0 Å². The quantitative estimate of drug-likeness (QED) is 0.649. The summed E-state index contributed by atoms with van der Waals surface area (Å²) in [5.41, 5.74) is 2.33. The minimum Gasteiger partial charge on any atom is -0.379 e. The number of anilines is 1. The Kier molecular flexibility index (Phi) is 3.45. The maximum absolute atomic E-state index is 6.03. The molecule has 3 aromatic rings. The summed E-state index contributed by atoms with van der Waals surface area (Å²) in [7, 11) is 0. The molecular formula is C16H14ClNS. The summed E-state index contributed by atoms with van der Waals surface area (Å²) in [5.74, 6) is 0. The summed E-state index contributed by atoms with van der Waals surface area (Å²) in [4.78, 5) is 0. The van der Waals surface area contributed by atoms with Crippen LogP contribution in [0, 0.1) is 0 Å². The second-order valence-electron chi connectivity index (χ2n) is 4.59. The van der Waals surface area contributed by atoms with Crippen LogP contribution in [0.25, 0.3) is 10.1 Å². The summed E-state index contributed by atoms with van der Waals surface area (Å²) in [6.07, 6.45) is 0. The van der Waals surface area contributed by atoms with E-state index in [0.717, 1.165) is 10.7 Å². The Morgan fingerprint density at radius 2 is 2.00 bits per heavy atom. The van der Waals surface area contributed by atoms with Crippen molar-refractivity contribution in [2.24, 2.45) is 0 Å². The molecule has 0 saturated heterocycles. The van der Waals surface area contributed by atoms with Crippen LogP contribution in [0.1, 0.15) is 18.5 Å². The summed E-state index contributed by atoms with van der Waals surface area (Å²) < 4.78 is 1.32. The van der Waals surface area contributed by atoms with Gasteiger partial charge in [0.15, 0.2) is 0 Å². The van der Waals surface area contributed by atoms with Crippen LogP contribution < -0.4 is 5.32 Å². The molecule has 3 heteroatoms. The Labute approximate surface area is 121 Å². The second kappa shape index (κ2) is 5.24. The van der Waals surface area contributed by atoms with Gasteiger partial charge >= 0.3 is 0 Å². The van der Waals surface area contributed by atoms with Crippen LogP contribution in [0.4, 0.5) is 5.69 Å². The van der Waals surface area contributed by atoms with Crippen LogP contribution in [0.15, 0.2) is 53.9 Å². The van der Waals surface area contributed by atoms with Crippen molar-refractivity contribution in [3.63, 3.8) is 0 Å². The third-order valence-electron chi connectivity index (χ3n) is 3.18. The fourth-order valence-corrected chi connectivity index (χ4v) is 3.14. The highest BCUT2D eigenvalue weighted by Gasteiger charge is 2.06. The summed E-state index contributed by atoms with van der Waals surface area (Å²) in [6.45, 7) is 2.14. The standard InChI is InChI=1S/C16H14ClNS/c1-11(12-3-2-4-14(17)9-12)18-15-5-6-16-13(10-15)7-8-19-16/h2-11,18H,1H3. The third-order valence-corrected chi connectivity index (χ3v) is 4.32. The Balaban J connectivity index is 1.83. The highest BCUT2D eigenvalue weighted by Crippen LogP contribution is 2.27. The van der Waals surface area contributed by atoms with E-state index in [1.54, 1.807) is 11.3 Å². The molecule has 0 fully saturated rings. The maximum atomic E-state index is 6.03. The van der Waals surface area contributed by atoms with Crippen molar-refractivity contribution in [3.05, 3.63) is 64.5 Å². The van der Waals surface area contributed by atoms with Crippen molar-refractivity contribution in [2.75, 3.05) is 5.32 Å². The molecule has 1 aromatic heterocycles. The molecule has 0 aliphatic rings. The van der Waals surface area contributed by atoms with Gasteiger partial charge in [-0.2, -0.15) is 0 Å². The highest BCUT2D eigenvalue weighted by atomic mass is 35.5. The van der Waals surface area contributed by atoms with E-state index in [4.69, 9.17) is 11.6 Å². The minimum atomic E-state index is 0.231. The number of halogens is 1. The fourth-order valence-electron chi connectivity index (χ4n) is 2.17. The zero-order valence-electron chi connectivity index (χ0n) is 10.6. The number of rotatable bonds is 3. The molecule has 0 spiro atoms. The van der Waals surface area contributed by atoms with Gasteiger partial charge < -0.3 is 5.32 Å². The smallest absolute Gasteiger partial charge is 0.0486 e. The monoisotopic (exact) mass is 287 g/mol. The minimum absolute atomic E-state index is 0.231. The fraction of sp³-hybridized carbons (Fsp3) is 0.125. The van der Waals surface area contributed by atoms with E-state index < -0.39 is 0 Å². The van der Waals surface area contributed by atoms with Crippen molar-refractivity contribution in [1.29, 1.82) is 0 Å². The van der Waals surface area contributed by atoms with Gasteiger partial charge in [-0.05, 0) is 59.7 Å². The Hall–Kier alpha value is -1.51. The van der Waals surface area contributed by atoms with Gasteiger partial charge in [0, 0.05) is 21.5 Å². The normalized spacial score (nSPS) is 12.5. The van der Waals surface area contributed by atoms with Crippen molar-refractivity contribution in [1.82, 2.24) is 0 Å². The van der Waals surface area contributed by atoms with Gasteiger partial charge in [0.1, 0.15) is 0 Å². The summed E-state index contributed by atoms with van der Waals surface area (Å²) >= 11 is 7.80. The number of hydrogen-bond acceptors (Lipinski definition) is 2. The van der Waals surface area contributed by atoms with E-state index >= 15 is 0 Å². The average Bonchev–Trinajstić information content (AvgIpc) is 2.86. The Bertz CT molecular complexity index is 705. The zero-order valence-corrected chi connectivity index (χ0v) is 12.1. The zero-order chi connectivity index (χ0) is 13.2. The lowest BCUT2D eigenvalue weighted by Gasteiger charge is -2.16. The van der Waals surface area contributed by atoms with E-state index in [1.165, 1.54) is 15.6 Å². The number of benzene rings is 2. The maximum Gasteiger partial charge on any atom is 0.0486 e. The topological polar surface area (TPSA) is 12.0 Å². The van der Waals surface area contributed by atoms with Gasteiger partial charge in [0.25, 0.3) is 0 Å². The van der Waals surface area contributed by atoms with Crippen LogP contribution in [0.2, 0.25) is 5.02 Å². The molecule has 96 valence electrons. The van der Waals surface area contributed by atoms with Gasteiger partial charge in [0.2, 0.25) is 0 Å². The van der Waals surface area contributed by atoms with E-state index in [9.17, 15) is 0 Å². The molecule has 1 heterocycles. The molecule has 1 unspecified atom stereocenters. The van der Waals surface area contributed by atoms with Crippen molar-refractivity contribution >= 4 is 38.7 Å². The van der Waals surface area contributed by atoms with Crippen LogP contribution in [-0.4, -0.2) is 0 Å². The van der Waals surface area contributed by atoms with E-state index in [2.05, 4.69) is 48.0 Å². The largest absolute Gasteiger partial charge is 0.379 e. The number of hydrogen-bond donors (Lipinski definition) is 1. The summed E-state index contributed by atoms with van der Waals surface area (Å²) in [6, 6.07) is 16.8. The van der Waals surface area contributed by atoms with Gasteiger partial charge in [-0.15, -0.1) is 11.3 Å². The van der Waals surface area contributed by atoms with Gasteiger partial charge in [-0.3, -0.25) is 0 Å². The Morgan fingerprint density at radius 3 is 2.84 bits per heavy atom. The molecule has 0 aliphatic carbocycles. The predicted octanol–water partition coefficient (Wildman–Crippen LogP) is 5.73. The first kappa shape index (κ1) is 12.5. The van der Waals surface area contributed by atoms with Crippen LogP contribution in [0.5, 0.6) is 0 Å². The molecule has 2 aromatic carbocycles. The molecular weight excluding hydrogens is 274 g/mol. The molecule has 1 nitrogen and oxygen atoms in total. The van der Waals surface area contributed by atoms with E-state index in [-0.39, 0.29) is 6.04 Å². The number of nitrogens with one attached hydrogen (secondary N) is 1. The van der Waals surface area contributed by atoms with Crippen molar-refractivity contribution in [2.45, 2.75) is 13.0 Å². The lowest BCUT2D eigenvalue weighted by atomic mass is 10.1. The molecule has 0 radical (unpaired) electrons. The molecule has 19 heavy (non-hydrogen) atoms. The van der Waals surface area contributed by atoms with Gasteiger partial charge in [-0.1, -0.05) is 23.7 Å². The van der Waals surface area contributed by atoms with Gasteiger partial charge in [-0.25, -0.2) is 0 Å². The average molecular weight is 288 g/mol. The van der Waals surface area contributed by atoms with Crippen molar-refractivity contribution < 1.29 is 0 Å². The number of fused-ring (bicyclic) bond motifs is 1. The van der Waals surface area contributed by atoms with E-state index in [0.29, 0.717) is 0 Å². The highest BCUT2D eigenvalue weighted by molar-refractivity contribution is 7.17. The molecule has 1 N–H and O–H groups in total. The molecule has 3 rings (SSSR count).